The lowest BCUT2D eigenvalue weighted by atomic mass is 10.1. The number of hydrogen-bond donors (Lipinski definition) is 0. The third-order valence-electron chi connectivity index (χ3n) is 2.52. The van der Waals surface area contributed by atoms with Crippen LogP contribution in [0.2, 0.25) is 24.7 Å². The summed E-state index contributed by atoms with van der Waals surface area (Å²) in [6, 6.07) is 7.90. The highest BCUT2D eigenvalue weighted by atomic mass is 35.5. The maximum Gasteiger partial charge on any atom is 0.115 e. The van der Waals surface area contributed by atoms with Gasteiger partial charge >= 0.3 is 0 Å². The second kappa shape index (κ2) is 4.36. The average Bonchev–Trinajstić information content (AvgIpc) is 2.94. The Morgan fingerprint density at radius 3 is 2.56 bits per heavy atom. The summed E-state index contributed by atoms with van der Waals surface area (Å²) >= 11 is 6.12. The summed E-state index contributed by atoms with van der Waals surface area (Å²) in [5, 5.41) is 0.802. The Kier molecular flexibility index (Phi) is 3.24. The molecule has 1 aromatic rings. The van der Waals surface area contributed by atoms with Crippen molar-refractivity contribution in [3.8, 4) is 0 Å². The van der Waals surface area contributed by atoms with E-state index in [0.29, 0.717) is 0 Å². The maximum absolute atomic E-state index is 6.12. The molecule has 1 aliphatic heterocycles. The molecule has 0 unspecified atom stereocenters. The monoisotopic (exact) mass is 252 g/mol. The van der Waals surface area contributed by atoms with Gasteiger partial charge in [0.2, 0.25) is 0 Å². The minimum atomic E-state index is -1.12. The minimum absolute atomic E-state index is 0.168. The van der Waals surface area contributed by atoms with Gasteiger partial charge in [0.15, 0.2) is 0 Å². The van der Waals surface area contributed by atoms with Crippen LogP contribution in [-0.2, 0) is 4.74 Å². The molecule has 16 heavy (non-hydrogen) atoms. The van der Waals surface area contributed by atoms with E-state index in [-0.39, 0.29) is 12.2 Å². The molecule has 0 bridgehead atoms. The van der Waals surface area contributed by atoms with Gasteiger partial charge in [-0.3, -0.25) is 0 Å². The zero-order valence-electron chi connectivity index (χ0n) is 9.91. The van der Waals surface area contributed by atoms with Crippen LogP contribution in [0.25, 0.3) is 0 Å². The zero-order valence-corrected chi connectivity index (χ0v) is 11.7. The van der Waals surface area contributed by atoms with Crippen LogP contribution < -0.4 is 0 Å². The van der Waals surface area contributed by atoms with E-state index >= 15 is 0 Å². The number of benzene rings is 1. The van der Waals surface area contributed by atoms with Crippen LogP contribution in [0.3, 0.4) is 0 Å². The molecule has 2 atom stereocenters. The van der Waals surface area contributed by atoms with Gasteiger partial charge in [-0.2, -0.15) is 0 Å². The molecule has 1 aliphatic rings. The Labute approximate surface area is 103 Å². The molecular weight excluding hydrogens is 236 g/mol. The number of rotatable bonds is 3. The molecule has 1 nitrogen and oxygen atoms in total. The van der Waals surface area contributed by atoms with Gasteiger partial charge in [-0.05, 0) is 6.07 Å². The first-order valence-electron chi connectivity index (χ1n) is 5.57. The van der Waals surface area contributed by atoms with Gasteiger partial charge < -0.3 is 4.74 Å². The van der Waals surface area contributed by atoms with E-state index in [4.69, 9.17) is 16.3 Å². The molecule has 0 aromatic heterocycles. The Morgan fingerprint density at radius 2 is 1.94 bits per heavy atom. The fourth-order valence-corrected chi connectivity index (χ4v) is 2.62. The van der Waals surface area contributed by atoms with Gasteiger partial charge in [0.25, 0.3) is 0 Å². The number of hydrogen-bond acceptors (Lipinski definition) is 1. The predicted molar refractivity (Wildman–Crippen MR) is 71.6 cm³/mol. The smallest absolute Gasteiger partial charge is 0.115 e. The van der Waals surface area contributed by atoms with Crippen molar-refractivity contribution in [1.82, 2.24) is 0 Å². The zero-order chi connectivity index (χ0) is 11.8. The summed E-state index contributed by atoms with van der Waals surface area (Å²) in [6.45, 7) is 6.95. The van der Waals surface area contributed by atoms with Gasteiger partial charge in [0.1, 0.15) is 12.2 Å². The summed E-state index contributed by atoms with van der Waals surface area (Å²) in [4.78, 5) is 0. The number of ether oxygens (including phenoxy) is 1. The van der Waals surface area contributed by atoms with Gasteiger partial charge in [-0.15, -0.1) is 0 Å². The predicted octanol–water partition coefficient (Wildman–Crippen LogP) is 4.21. The first-order valence-corrected chi connectivity index (χ1v) is 9.52. The Balaban J connectivity index is 2.03. The molecule has 86 valence electrons. The fourth-order valence-electron chi connectivity index (χ4n) is 1.61. The molecule has 1 aromatic carbocycles. The van der Waals surface area contributed by atoms with E-state index in [0.717, 1.165) is 10.6 Å². The number of halogens is 1. The molecule has 0 spiro atoms. The van der Waals surface area contributed by atoms with Crippen molar-refractivity contribution in [1.29, 1.82) is 0 Å². The van der Waals surface area contributed by atoms with Crippen molar-refractivity contribution in [2.75, 3.05) is 0 Å². The molecule has 0 N–H and O–H groups in total. The van der Waals surface area contributed by atoms with Crippen LogP contribution >= 0.6 is 11.6 Å². The molecule has 0 amide bonds. The molecular formula is C13H17ClOSi. The van der Waals surface area contributed by atoms with Crippen molar-refractivity contribution in [3.63, 3.8) is 0 Å². The van der Waals surface area contributed by atoms with Crippen LogP contribution in [-0.4, -0.2) is 14.2 Å². The summed E-state index contributed by atoms with van der Waals surface area (Å²) in [6.07, 6.45) is 2.59. The molecule has 0 radical (unpaired) electrons. The summed E-state index contributed by atoms with van der Waals surface area (Å²) < 4.78 is 5.63. The lowest BCUT2D eigenvalue weighted by Crippen LogP contribution is -2.15. The van der Waals surface area contributed by atoms with E-state index in [1.807, 2.05) is 24.3 Å². The summed E-state index contributed by atoms with van der Waals surface area (Å²) in [5.41, 5.74) is 3.43. The van der Waals surface area contributed by atoms with Crippen molar-refractivity contribution in [2.45, 2.75) is 31.8 Å². The molecule has 1 saturated heterocycles. The normalized spacial score (nSPS) is 25.0. The average molecular weight is 253 g/mol. The number of epoxide rings is 1. The second-order valence-corrected chi connectivity index (χ2v) is 10.7. The van der Waals surface area contributed by atoms with Gasteiger partial charge in [-0.1, -0.05) is 61.2 Å². The molecule has 0 saturated carbocycles. The quantitative estimate of drug-likeness (QED) is 0.580. The largest absolute Gasteiger partial charge is 0.360 e. The van der Waals surface area contributed by atoms with Gasteiger partial charge in [0.05, 0.1) is 8.07 Å². The Bertz CT molecular complexity index is 409. The Morgan fingerprint density at radius 1 is 1.25 bits per heavy atom. The lowest BCUT2D eigenvalue weighted by Gasteiger charge is -2.07. The van der Waals surface area contributed by atoms with Crippen molar-refractivity contribution >= 4 is 19.7 Å². The topological polar surface area (TPSA) is 12.5 Å². The van der Waals surface area contributed by atoms with Crippen molar-refractivity contribution in [2.24, 2.45) is 0 Å². The molecule has 0 aliphatic carbocycles. The van der Waals surface area contributed by atoms with Crippen LogP contribution in [0.5, 0.6) is 0 Å². The van der Waals surface area contributed by atoms with Crippen LogP contribution in [0, 0.1) is 0 Å². The third-order valence-corrected chi connectivity index (χ3v) is 4.06. The van der Waals surface area contributed by atoms with Crippen LogP contribution in [0.1, 0.15) is 11.7 Å². The standard InChI is InChI=1S/C13H17ClOSi/c1-16(2,3)9-8-12-13(15-12)10-6-4-5-7-11(10)14/h4-9,12-13H,1-3H3/b9-8+/t12-,13-/m0/s1. The lowest BCUT2D eigenvalue weighted by molar-refractivity contribution is 0.394. The van der Waals surface area contributed by atoms with Gasteiger partial charge in [0, 0.05) is 10.6 Å². The van der Waals surface area contributed by atoms with E-state index in [1.54, 1.807) is 0 Å². The van der Waals surface area contributed by atoms with Crippen molar-refractivity contribution < 1.29 is 4.74 Å². The van der Waals surface area contributed by atoms with E-state index in [2.05, 4.69) is 31.4 Å². The molecule has 1 fully saturated rings. The van der Waals surface area contributed by atoms with E-state index in [9.17, 15) is 0 Å². The van der Waals surface area contributed by atoms with Crippen molar-refractivity contribution in [3.05, 3.63) is 46.6 Å². The fraction of sp³-hybridized carbons (Fsp3) is 0.385. The highest BCUT2D eigenvalue weighted by Gasteiger charge is 2.39. The van der Waals surface area contributed by atoms with E-state index in [1.165, 1.54) is 0 Å². The van der Waals surface area contributed by atoms with E-state index < -0.39 is 8.07 Å². The third kappa shape index (κ3) is 2.97. The molecule has 1 heterocycles. The van der Waals surface area contributed by atoms with Gasteiger partial charge in [-0.25, -0.2) is 0 Å². The highest BCUT2D eigenvalue weighted by molar-refractivity contribution is 6.80. The molecule has 2 rings (SSSR count). The first kappa shape index (κ1) is 11.9. The summed E-state index contributed by atoms with van der Waals surface area (Å²) in [7, 11) is -1.12. The van der Waals surface area contributed by atoms with Crippen LogP contribution in [0.4, 0.5) is 0 Å². The minimum Gasteiger partial charge on any atom is -0.360 e. The highest BCUT2D eigenvalue weighted by Crippen LogP contribution is 2.42. The Hall–Kier alpha value is -0.573. The maximum atomic E-state index is 6.12. The molecule has 3 heteroatoms. The SMILES string of the molecule is C[Si](C)(C)/C=C/[C@@H]1O[C@H]1c1ccccc1Cl. The van der Waals surface area contributed by atoms with Crippen LogP contribution in [0.15, 0.2) is 36.0 Å². The second-order valence-electron chi connectivity index (χ2n) is 5.27. The summed E-state index contributed by atoms with van der Waals surface area (Å²) in [5.74, 6) is 0. The first-order chi connectivity index (χ1) is 7.47.